The number of aromatic amines is 1. The number of carbonyl (C=O) groups excluding carboxylic acids is 2. The fourth-order valence-electron chi connectivity index (χ4n) is 2.39. The molecule has 3 N–H and O–H groups in total. The third kappa shape index (κ3) is 4.21. The number of para-hydroxylation sites is 1. The number of nitrogens with one attached hydrogen (secondary N) is 3. The van der Waals surface area contributed by atoms with E-state index in [0.717, 1.165) is 5.39 Å². The minimum Gasteiger partial charge on any atom is -0.321 e. The number of H-pyrrole nitrogens is 1. The minimum absolute atomic E-state index is 0.250. The number of amides is 2. The maximum Gasteiger partial charge on any atom is 0.329 e. The number of pyridine rings is 1. The van der Waals surface area contributed by atoms with Crippen molar-refractivity contribution >= 4 is 46.2 Å². The first kappa shape index (κ1) is 18.3. The van der Waals surface area contributed by atoms with Crippen LogP contribution in [0.1, 0.15) is 11.1 Å². The molecule has 0 fully saturated rings. The van der Waals surface area contributed by atoms with E-state index in [1.54, 1.807) is 37.3 Å². The lowest BCUT2D eigenvalue weighted by Crippen LogP contribution is -2.32. The van der Waals surface area contributed by atoms with E-state index in [1.807, 2.05) is 18.2 Å². The molecule has 8 heteroatoms. The molecule has 2 aromatic carbocycles. The predicted molar refractivity (Wildman–Crippen MR) is 105 cm³/mol. The Morgan fingerprint density at radius 1 is 1.11 bits per heavy atom. The van der Waals surface area contributed by atoms with Crippen molar-refractivity contribution in [2.24, 2.45) is 5.10 Å². The van der Waals surface area contributed by atoms with Crippen LogP contribution in [0.15, 0.2) is 58.4 Å². The SMILES string of the molecule is Cc1c(Cl)cccc1NC(=O)C(=O)N/N=C\c1cc2ccccc2[nH]c1=O. The van der Waals surface area contributed by atoms with Crippen molar-refractivity contribution in [2.45, 2.75) is 6.92 Å². The summed E-state index contributed by atoms with van der Waals surface area (Å²) in [4.78, 5) is 38.5. The van der Waals surface area contributed by atoms with E-state index in [1.165, 1.54) is 6.21 Å². The van der Waals surface area contributed by atoms with Crippen molar-refractivity contribution in [3.8, 4) is 0 Å². The van der Waals surface area contributed by atoms with Crippen molar-refractivity contribution in [1.29, 1.82) is 0 Å². The molecule has 0 atom stereocenters. The van der Waals surface area contributed by atoms with Crippen LogP contribution in [0.5, 0.6) is 0 Å². The summed E-state index contributed by atoms with van der Waals surface area (Å²) in [6, 6.07) is 13.9. The molecule has 1 aromatic heterocycles. The fourth-order valence-corrected chi connectivity index (χ4v) is 2.57. The van der Waals surface area contributed by atoms with Crippen LogP contribution in [0.25, 0.3) is 10.9 Å². The molecule has 2 amide bonds. The maximum absolute atomic E-state index is 12.0. The summed E-state index contributed by atoms with van der Waals surface area (Å²) in [5.41, 5.74) is 3.76. The van der Waals surface area contributed by atoms with Crippen LogP contribution >= 0.6 is 11.6 Å². The van der Waals surface area contributed by atoms with E-state index in [-0.39, 0.29) is 11.1 Å². The molecule has 0 saturated heterocycles. The topological polar surface area (TPSA) is 103 Å². The molecule has 0 unspecified atom stereocenters. The van der Waals surface area contributed by atoms with Gasteiger partial charge in [-0.25, -0.2) is 5.43 Å². The largest absolute Gasteiger partial charge is 0.329 e. The van der Waals surface area contributed by atoms with Gasteiger partial charge >= 0.3 is 11.8 Å². The Morgan fingerprint density at radius 3 is 2.70 bits per heavy atom. The van der Waals surface area contributed by atoms with Gasteiger partial charge in [0, 0.05) is 16.2 Å². The van der Waals surface area contributed by atoms with Gasteiger partial charge in [-0.1, -0.05) is 35.9 Å². The average molecular weight is 383 g/mol. The molecule has 0 bridgehead atoms. The van der Waals surface area contributed by atoms with Crippen LogP contribution in [0.2, 0.25) is 5.02 Å². The van der Waals surface area contributed by atoms with E-state index >= 15 is 0 Å². The van der Waals surface area contributed by atoms with Gasteiger partial charge in [0.2, 0.25) is 0 Å². The monoisotopic (exact) mass is 382 g/mol. The van der Waals surface area contributed by atoms with Crippen molar-refractivity contribution in [2.75, 3.05) is 5.32 Å². The number of carbonyl (C=O) groups is 2. The summed E-state index contributed by atoms with van der Waals surface area (Å²) in [6.45, 7) is 1.72. The van der Waals surface area contributed by atoms with Gasteiger partial charge < -0.3 is 10.3 Å². The van der Waals surface area contributed by atoms with E-state index in [0.29, 0.717) is 21.8 Å². The van der Waals surface area contributed by atoms with Crippen LogP contribution in [-0.2, 0) is 9.59 Å². The molecule has 7 nitrogen and oxygen atoms in total. The number of hydrogen-bond acceptors (Lipinski definition) is 4. The third-order valence-corrected chi connectivity index (χ3v) is 4.28. The van der Waals surface area contributed by atoms with Crippen LogP contribution in [0.4, 0.5) is 5.69 Å². The molecule has 0 spiro atoms. The van der Waals surface area contributed by atoms with Gasteiger partial charge in [-0.05, 0) is 42.1 Å². The molecular formula is C19H15ClN4O3. The molecule has 0 aliphatic rings. The van der Waals surface area contributed by atoms with E-state index < -0.39 is 11.8 Å². The summed E-state index contributed by atoms with van der Waals surface area (Å²) in [6.07, 6.45) is 1.18. The second-order valence-corrected chi connectivity index (χ2v) is 6.11. The number of aromatic nitrogens is 1. The van der Waals surface area contributed by atoms with Gasteiger partial charge in [-0.15, -0.1) is 0 Å². The molecule has 0 aliphatic heterocycles. The lowest BCUT2D eigenvalue weighted by molar-refractivity contribution is -0.136. The minimum atomic E-state index is -0.970. The van der Waals surface area contributed by atoms with Gasteiger partial charge in [0.05, 0.1) is 11.8 Å². The lowest BCUT2D eigenvalue weighted by atomic mass is 10.2. The second-order valence-electron chi connectivity index (χ2n) is 5.71. The number of halogens is 1. The molecule has 3 rings (SSSR count). The van der Waals surface area contributed by atoms with Gasteiger partial charge in [0.25, 0.3) is 5.56 Å². The first-order chi connectivity index (χ1) is 13.0. The van der Waals surface area contributed by atoms with Crippen LogP contribution < -0.4 is 16.3 Å². The zero-order valence-electron chi connectivity index (χ0n) is 14.2. The summed E-state index contributed by atoms with van der Waals surface area (Å²) >= 11 is 5.98. The normalized spacial score (nSPS) is 10.9. The van der Waals surface area contributed by atoms with Crippen LogP contribution in [0, 0.1) is 6.92 Å². The molecular weight excluding hydrogens is 368 g/mol. The number of hydrogen-bond donors (Lipinski definition) is 3. The standard InChI is InChI=1S/C19H15ClN4O3/c1-11-14(20)6-4-8-15(11)22-18(26)19(27)24-21-10-13-9-12-5-2-3-7-16(12)23-17(13)25/h2-10H,1H3,(H,22,26)(H,23,25)(H,24,27)/b21-10-. The zero-order chi connectivity index (χ0) is 19.4. The Balaban J connectivity index is 1.68. The second kappa shape index (κ2) is 7.84. The smallest absolute Gasteiger partial charge is 0.321 e. The maximum atomic E-state index is 12.0. The van der Waals surface area contributed by atoms with E-state index in [9.17, 15) is 14.4 Å². The number of fused-ring (bicyclic) bond motifs is 1. The summed E-state index contributed by atoms with van der Waals surface area (Å²) < 4.78 is 0. The first-order valence-electron chi connectivity index (χ1n) is 7.97. The molecule has 0 saturated carbocycles. The van der Waals surface area contributed by atoms with Crippen LogP contribution in [0.3, 0.4) is 0 Å². The Kier molecular flexibility index (Phi) is 5.33. The quantitative estimate of drug-likeness (QED) is 0.368. The number of nitrogens with zero attached hydrogens (tertiary/aromatic N) is 1. The molecule has 136 valence electrons. The van der Waals surface area contributed by atoms with Crippen molar-refractivity contribution in [3.05, 3.63) is 75.0 Å². The molecule has 3 aromatic rings. The summed E-state index contributed by atoms with van der Waals surface area (Å²) in [7, 11) is 0. The number of hydrazone groups is 1. The van der Waals surface area contributed by atoms with E-state index in [2.05, 4.69) is 20.8 Å². The predicted octanol–water partition coefficient (Wildman–Crippen LogP) is 2.58. The van der Waals surface area contributed by atoms with Gasteiger partial charge in [0.15, 0.2) is 0 Å². The van der Waals surface area contributed by atoms with Crippen molar-refractivity contribution < 1.29 is 9.59 Å². The average Bonchev–Trinajstić information content (AvgIpc) is 2.65. The molecule has 1 heterocycles. The number of benzene rings is 2. The third-order valence-electron chi connectivity index (χ3n) is 3.87. The zero-order valence-corrected chi connectivity index (χ0v) is 15.0. The van der Waals surface area contributed by atoms with Crippen LogP contribution in [-0.4, -0.2) is 23.0 Å². The Bertz CT molecular complexity index is 1120. The molecule has 0 aliphatic carbocycles. The lowest BCUT2D eigenvalue weighted by Gasteiger charge is -2.08. The van der Waals surface area contributed by atoms with Crippen molar-refractivity contribution in [1.82, 2.24) is 10.4 Å². The van der Waals surface area contributed by atoms with Gasteiger partial charge in [0.1, 0.15) is 0 Å². The number of rotatable bonds is 3. The highest BCUT2D eigenvalue weighted by Crippen LogP contribution is 2.22. The summed E-state index contributed by atoms with van der Waals surface area (Å²) in [5.74, 6) is -1.87. The highest BCUT2D eigenvalue weighted by Gasteiger charge is 2.14. The Labute approximate surface area is 159 Å². The summed E-state index contributed by atoms with van der Waals surface area (Å²) in [5, 5.41) is 7.43. The molecule has 0 radical (unpaired) electrons. The highest BCUT2D eigenvalue weighted by molar-refractivity contribution is 6.40. The fraction of sp³-hybridized carbons (Fsp3) is 0.0526. The van der Waals surface area contributed by atoms with E-state index in [4.69, 9.17) is 11.6 Å². The van der Waals surface area contributed by atoms with Gasteiger partial charge in [-0.2, -0.15) is 5.10 Å². The molecule has 27 heavy (non-hydrogen) atoms. The van der Waals surface area contributed by atoms with Crippen molar-refractivity contribution in [3.63, 3.8) is 0 Å². The van der Waals surface area contributed by atoms with Gasteiger partial charge in [-0.3, -0.25) is 14.4 Å². The first-order valence-corrected chi connectivity index (χ1v) is 8.35. The highest BCUT2D eigenvalue weighted by atomic mass is 35.5. The Hall–Kier alpha value is -3.45. The Morgan fingerprint density at radius 2 is 1.89 bits per heavy atom. The number of anilines is 1.